The van der Waals surface area contributed by atoms with Gasteiger partial charge >= 0.3 is 0 Å². The van der Waals surface area contributed by atoms with Crippen LogP contribution in [-0.4, -0.2) is 0 Å². The van der Waals surface area contributed by atoms with Crippen LogP contribution in [0.25, 0.3) is 110 Å². The van der Waals surface area contributed by atoms with Gasteiger partial charge in [-0.25, -0.2) is 0 Å². The first-order valence-electron chi connectivity index (χ1n) is 19.6. The lowest BCUT2D eigenvalue weighted by Crippen LogP contribution is -2.15. The van der Waals surface area contributed by atoms with Crippen molar-refractivity contribution in [1.29, 1.82) is 0 Å². The summed E-state index contributed by atoms with van der Waals surface area (Å²) in [6.45, 7) is 4.75. The molecule has 1 aromatic heterocycles. The predicted octanol–water partition coefficient (Wildman–Crippen LogP) is 15.5. The van der Waals surface area contributed by atoms with Crippen LogP contribution in [-0.2, 0) is 5.41 Å². The molecule has 12 rings (SSSR count). The van der Waals surface area contributed by atoms with Crippen molar-refractivity contribution >= 4 is 65.0 Å². The van der Waals surface area contributed by atoms with Crippen LogP contribution in [0.1, 0.15) is 25.0 Å². The van der Waals surface area contributed by atoms with Crippen molar-refractivity contribution < 1.29 is 4.42 Å². The summed E-state index contributed by atoms with van der Waals surface area (Å²) in [7, 11) is 0. The fourth-order valence-corrected chi connectivity index (χ4v) is 10.1. The zero-order valence-electron chi connectivity index (χ0n) is 31.2. The highest BCUT2D eigenvalue weighted by atomic mass is 16.3. The molecule has 0 N–H and O–H groups in total. The highest BCUT2D eigenvalue weighted by Crippen LogP contribution is 2.57. The fourth-order valence-electron chi connectivity index (χ4n) is 10.1. The molecule has 1 heterocycles. The van der Waals surface area contributed by atoms with Gasteiger partial charge in [0.25, 0.3) is 0 Å². The van der Waals surface area contributed by atoms with Gasteiger partial charge in [0, 0.05) is 32.7 Å². The molecule has 0 saturated heterocycles. The van der Waals surface area contributed by atoms with Crippen molar-refractivity contribution in [3.63, 3.8) is 0 Å². The minimum atomic E-state index is -0.197. The lowest BCUT2D eigenvalue weighted by atomic mass is 9.79. The quantitative estimate of drug-likeness (QED) is 0.166. The smallest absolute Gasteiger partial charge is 0.143 e. The van der Waals surface area contributed by atoms with E-state index in [9.17, 15) is 0 Å². The van der Waals surface area contributed by atoms with E-state index in [1.807, 2.05) is 0 Å². The van der Waals surface area contributed by atoms with Crippen LogP contribution < -0.4 is 0 Å². The maximum absolute atomic E-state index is 7.27. The molecule has 0 aliphatic heterocycles. The summed E-state index contributed by atoms with van der Waals surface area (Å²) >= 11 is 0. The minimum Gasteiger partial charge on any atom is -0.455 e. The Bertz CT molecular complexity index is 3380. The average molecular weight is 713 g/mol. The molecule has 0 bridgehead atoms. The summed E-state index contributed by atoms with van der Waals surface area (Å²) in [6, 6.07) is 67.0. The normalized spacial score (nSPS) is 13.3. The second-order valence-corrected chi connectivity index (χ2v) is 16.0. The van der Waals surface area contributed by atoms with E-state index in [0.29, 0.717) is 0 Å². The molecule has 0 amide bonds. The topological polar surface area (TPSA) is 13.1 Å². The van der Waals surface area contributed by atoms with Gasteiger partial charge in [0.1, 0.15) is 11.2 Å². The maximum Gasteiger partial charge on any atom is 0.143 e. The molecule has 0 spiro atoms. The molecular weight excluding hydrogens is 677 g/mol. The van der Waals surface area contributed by atoms with Crippen LogP contribution in [0.3, 0.4) is 0 Å². The van der Waals surface area contributed by atoms with Gasteiger partial charge < -0.3 is 4.42 Å². The molecule has 1 aliphatic carbocycles. The van der Waals surface area contributed by atoms with E-state index in [-0.39, 0.29) is 5.41 Å². The average Bonchev–Trinajstić information content (AvgIpc) is 3.75. The van der Waals surface area contributed by atoms with Crippen LogP contribution in [0.4, 0.5) is 0 Å². The summed E-state index contributed by atoms with van der Waals surface area (Å²) in [5.74, 6) is 0. The van der Waals surface area contributed by atoms with Gasteiger partial charge in [-0.3, -0.25) is 0 Å². The highest BCUT2D eigenvalue weighted by molar-refractivity contribution is 6.27. The molecule has 0 radical (unpaired) electrons. The Kier molecular flexibility index (Phi) is 6.46. The molecule has 0 saturated carbocycles. The van der Waals surface area contributed by atoms with E-state index in [2.05, 4.69) is 196 Å². The molecule has 0 fully saturated rings. The number of rotatable bonds is 3. The van der Waals surface area contributed by atoms with Crippen LogP contribution in [0, 0.1) is 0 Å². The van der Waals surface area contributed by atoms with E-state index in [1.54, 1.807) is 0 Å². The Balaban J connectivity index is 1.18. The van der Waals surface area contributed by atoms with Gasteiger partial charge in [-0.15, -0.1) is 0 Å². The minimum absolute atomic E-state index is 0.197. The molecule has 56 heavy (non-hydrogen) atoms. The molecule has 1 aliphatic rings. The number of hydrogen-bond donors (Lipinski definition) is 0. The van der Waals surface area contributed by atoms with Crippen LogP contribution in [0.5, 0.6) is 0 Å². The molecule has 1 nitrogen and oxygen atoms in total. The zero-order chi connectivity index (χ0) is 37.1. The Morgan fingerprint density at radius 1 is 0.357 bits per heavy atom. The van der Waals surface area contributed by atoms with Crippen molar-refractivity contribution in [3.8, 4) is 44.5 Å². The fraction of sp³-hybridized carbons (Fsp3) is 0.0545. The molecule has 11 aromatic rings. The third kappa shape index (κ3) is 4.31. The Morgan fingerprint density at radius 3 is 1.66 bits per heavy atom. The molecule has 10 aromatic carbocycles. The van der Waals surface area contributed by atoms with Crippen molar-refractivity contribution in [1.82, 2.24) is 0 Å². The van der Waals surface area contributed by atoms with Crippen molar-refractivity contribution in [2.75, 3.05) is 0 Å². The van der Waals surface area contributed by atoms with E-state index >= 15 is 0 Å². The van der Waals surface area contributed by atoms with Crippen LogP contribution >= 0.6 is 0 Å². The first-order chi connectivity index (χ1) is 27.5. The van der Waals surface area contributed by atoms with Gasteiger partial charge in [0.15, 0.2) is 0 Å². The summed E-state index contributed by atoms with van der Waals surface area (Å²) in [5.41, 5.74) is 14.3. The molecule has 262 valence electrons. The van der Waals surface area contributed by atoms with Crippen molar-refractivity contribution in [2.24, 2.45) is 0 Å². The number of furan rings is 1. The standard InChI is InChI=1S/C55H36O/c1-55(2)48-23-13-12-18-40(48)46-32-47(54-51(52(46)55)45-29-28-34-16-6-7-17-39(34)53(45)56-54)50-43-21-10-8-19-41(43)49(42-20-9-11-22-44(42)50)38-27-26-36-30-35(24-25-37(36)31-38)33-14-4-3-5-15-33/h3-32H,1-2H3. The summed E-state index contributed by atoms with van der Waals surface area (Å²) in [6.07, 6.45) is 0. The van der Waals surface area contributed by atoms with Crippen molar-refractivity contribution in [2.45, 2.75) is 19.3 Å². The Hall–Kier alpha value is -6.96. The summed E-state index contributed by atoms with van der Waals surface area (Å²) < 4.78 is 7.27. The molecule has 0 unspecified atom stereocenters. The van der Waals surface area contributed by atoms with Gasteiger partial charge in [0.2, 0.25) is 0 Å². The lowest BCUT2D eigenvalue weighted by Gasteiger charge is -2.23. The van der Waals surface area contributed by atoms with E-state index < -0.39 is 0 Å². The Labute approximate surface area is 325 Å². The van der Waals surface area contributed by atoms with E-state index in [0.717, 1.165) is 22.1 Å². The van der Waals surface area contributed by atoms with Crippen LogP contribution in [0.15, 0.2) is 186 Å². The third-order valence-corrected chi connectivity index (χ3v) is 12.6. The number of benzene rings is 10. The SMILES string of the molecule is CC1(C)c2ccccc2-c2cc(-c3c4ccccc4c(-c4ccc5cc(-c6ccccc6)ccc5c4)c4ccccc34)c3oc4c5ccccc5ccc4c3c21. The summed E-state index contributed by atoms with van der Waals surface area (Å²) in [5, 5.41) is 12.1. The number of fused-ring (bicyclic) bond motifs is 12. The van der Waals surface area contributed by atoms with Gasteiger partial charge in [0.05, 0.1) is 0 Å². The second-order valence-electron chi connectivity index (χ2n) is 16.0. The van der Waals surface area contributed by atoms with E-state index in [1.165, 1.54) is 98.5 Å². The highest BCUT2D eigenvalue weighted by Gasteiger charge is 2.39. The first kappa shape index (κ1) is 31.4. The van der Waals surface area contributed by atoms with Gasteiger partial charge in [-0.2, -0.15) is 0 Å². The monoisotopic (exact) mass is 712 g/mol. The van der Waals surface area contributed by atoms with Gasteiger partial charge in [-0.1, -0.05) is 172 Å². The first-order valence-corrected chi connectivity index (χ1v) is 19.6. The maximum atomic E-state index is 7.27. The molecule has 1 heteroatoms. The van der Waals surface area contributed by atoms with Crippen molar-refractivity contribution in [3.05, 3.63) is 193 Å². The molecular formula is C55H36O. The van der Waals surface area contributed by atoms with E-state index in [4.69, 9.17) is 4.42 Å². The second kappa shape index (κ2) is 11.5. The Morgan fingerprint density at radius 2 is 0.929 bits per heavy atom. The largest absolute Gasteiger partial charge is 0.455 e. The zero-order valence-corrected chi connectivity index (χ0v) is 31.2. The molecule has 0 atom stereocenters. The third-order valence-electron chi connectivity index (χ3n) is 12.6. The van der Waals surface area contributed by atoms with Crippen LogP contribution in [0.2, 0.25) is 0 Å². The van der Waals surface area contributed by atoms with Gasteiger partial charge in [-0.05, 0) is 106 Å². The number of hydrogen-bond acceptors (Lipinski definition) is 1. The lowest BCUT2D eigenvalue weighted by molar-refractivity contribution is 0.659. The predicted molar refractivity (Wildman–Crippen MR) is 238 cm³/mol. The summed E-state index contributed by atoms with van der Waals surface area (Å²) in [4.78, 5) is 0.